The molecule has 6 nitrogen and oxygen atoms in total. The van der Waals surface area contributed by atoms with Crippen molar-refractivity contribution in [3.8, 4) is 0 Å². The van der Waals surface area contributed by atoms with Crippen molar-refractivity contribution in [2.24, 2.45) is 0 Å². The monoisotopic (exact) mass is 224 g/mol. The molecule has 0 spiro atoms. The number of esters is 1. The van der Waals surface area contributed by atoms with Crippen LogP contribution in [-0.2, 0) is 18.6 Å². The van der Waals surface area contributed by atoms with Crippen molar-refractivity contribution < 1.29 is 28.4 Å². The zero-order valence-corrected chi connectivity index (χ0v) is 8.65. The average Bonchev–Trinajstić information content (AvgIpc) is 2.07. The highest BCUT2D eigenvalue weighted by Crippen LogP contribution is 2.35. The Morgan fingerprint density at radius 1 is 1.43 bits per heavy atom. The van der Waals surface area contributed by atoms with E-state index in [4.69, 9.17) is 9.79 Å². The lowest BCUT2D eigenvalue weighted by Gasteiger charge is -2.04. The van der Waals surface area contributed by atoms with Gasteiger partial charge >= 0.3 is 13.8 Å². The number of phosphoric ester groups is 1. The van der Waals surface area contributed by atoms with E-state index < -0.39 is 13.8 Å². The predicted molar refractivity (Wildman–Crippen MR) is 48.4 cm³/mol. The third-order valence-corrected chi connectivity index (χ3v) is 1.60. The second kappa shape index (κ2) is 6.73. The summed E-state index contributed by atoms with van der Waals surface area (Å²) in [5.41, 5.74) is 0. The molecular weight excluding hydrogens is 211 g/mol. The zero-order chi connectivity index (χ0) is 11.0. The van der Waals surface area contributed by atoms with Gasteiger partial charge in [-0.05, 0) is 6.42 Å². The van der Waals surface area contributed by atoms with E-state index in [2.05, 4.69) is 9.26 Å². The van der Waals surface area contributed by atoms with Gasteiger partial charge in [0, 0.05) is 6.08 Å². The third-order valence-electron chi connectivity index (χ3n) is 1.08. The van der Waals surface area contributed by atoms with Gasteiger partial charge in [0.05, 0.1) is 6.61 Å². The lowest BCUT2D eigenvalue weighted by atomic mass is 10.4. The largest absolute Gasteiger partial charge is 0.469 e. The average molecular weight is 224 g/mol. The molecule has 0 aromatic carbocycles. The minimum absolute atomic E-state index is 0.183. The minimum atomic E-state index is -4.46. The summed E-state index contributed by atoms with van der Waals surface area (Å²) in [4.78, 5) is 27.3. The molecule has 0 bridgehead atoms. The molecule has 0 rings (SSSR count). The van der Waals surface area contributed by atoms with Crippen LogP contribution < -0.4 is 0 Å². The topological polar surface area (TPSA) is 93.1 Å². The second-order valence-electron chi connectivity index (χ2n) is 2.30. The van der Waals surface area contributed by atoms with Gasteiger partial charge in [-0.15, -0.1) is 0 Å². The Morgan fingerprint density at radius 3 is 2.57 bits per heavy atom. The molecule has 0 aliphatic carbocycles. The summed E-state index contributed by atoms with van der Waals surface area (Å²) in [6, 6.07) is 0. The third kappa shape index (κ3) is 9.41. The molecule has 14 heavy (non-hydrogen) atoms. The highest BCUT2D eigenvalue weighted by Gasteiger charge is 2.12. The van der Waals surface area contributed by atoms with Gasteiger partial charge in [0.15, 0.2) is 0 Å². The summed E-state index contributed by atoms with van der Waals surface area (Å²) in [6.45, 7) is 1.36. The van der Waals surface area contributed by atoms with Crippen LogP contribution in [0.2, 0.25) is 0 Å². The molecule has 0 aliphatic rings. The number of carbonyl (C=O) groups is 1. The molecule has 0 saturated heterocycles. The van der Waals surface area contributed by atoms with Crippen LogP contribution in [0.3, 0.4) is 0 Å². The van der Waals surface area contributed by atoms with Crippen LogP contribution in [0, 0.1) is 0 Å². The number of rotatable bonds is 6. The summed E-state index contributed by atoms with van der Waals surface area (Å²) < 4.78 is 18.8. The van der Waals surface area contributed by atoms with Gasteiger partial charge in [0.25, 0.3) is 0 Å². The molecular formula is C7H13O6P. The fraction of sp³-hybridized carbons (Fsp3) is 0.571. The maximum Gasteiger partial charge on any atom is 0.469 e. The number of allylic oxidation sites excluding steroid dienone is 1. The van der Waals surface area contributed by atoms with Crippen LogP contribution in [0.1, 0.15) is 13.3 Å². The second-order valence-corrected chi connectivity index (χ2v) is 3.54. The Balaban J connectivity index is 3.51. The van der Waals surface area contributed by atoms with E-state index in [0.717, 1.165) is 0 Å². The van der Waals surface area contributed by atoms with Crippen LogP contribution in [0.5, 0.6) is 0 Å². The standard InChI is InChI=1S/C7H13O6P/c1-2-3-4-7(8)12-5-6-13-14(9,10)11/h3-4H,2,5-6H2,1H3,(H2,9,10,11). The van der Waals surface area contributed by atoms with Crippen LogP contribution >= 0.6 is 7.82 Å². The maximum atomic E-state index is 10.8. The SMILES string of the molecule is CCC=CC(=O)OCCOP(=O)(O)O. The number of carbonyl (C=O) groups excluding carboxylic acids is 1. The molecule has 0 unspecified atom stereocenters. The van der Waals surface area contributed by atoms with Gasteiger partial charge in [0.2, 0.25) is 0 Å². The fourth-order valence-electron chi connectivity index (χ4n) is 0.561. The van der Waals surface area contributed by atoms with Crippen molar-refractivity contribution >= 4 is 13.8 Å². The normalized spacial score (nSPS) is 11.9. The zero-order valence-electron chi connectivity index (χ0n) is 7.75. The highest BCUT2D eigenvalue weighted by molar-refractivity contribution is 7.46. The Kier molecular flexibility index (Phi) is 6.40. The van der Waals surface area contributed by atoms with Gasteiger partial charge in [-0.1, -0.05) is 13.0 Å². The van der Waals surface area contributed by atoms with E-state index in [0.29, 0.717) is 6.42 Å². The van der Waals surface area contributed by atoms with E-state index >= 15 is 0 Å². The predicted octanol–water partition coefficient (Wildman–Crippen LogP) is 0.605. The summed E-state index contributed by atoms with van der Waals surface area (Å²) in [6.07, 6.45) is 3.58. The van der Waals surface area contributed by atoms with Crippen LogP contribution in [0.25, 0.3) is 0 Å². The van der Waals surface area contributed by atoms with Gasteiger partial charge in [0.1, 0.15) is 6.61 Å². The summed E-state index contributed by atoms with van der Waals surface area (Å²) >= 11 is 0. The molecule has 0 amide bonds. The van der Waals surface area contributed by atoms with E-state index in [9.17, 15) is 9.36 Å². The number of hydrogen-bond donors (Lipinski definition) is 2. The molecule has 82 valence electrons. The van der Waals surface area contributed by atoms with Gasteiger partial charge in [-0.2, -0.15) is 0 Å². The summed E-state index contributed by atoms with van der Waals surface area (Å²) in [5, 5.41) is 0. The molecule has 0 saturated carbocycles. The summed E-state index contributed by atoms with van der Waals surface area (Å²) in [5.74, 6) is -0.554. The molecule has 2 N–H and O–H groups in total. The van der Waals surface area contributed by atoms with Crippen LogP contribution in [0.4, 0.5) is 0 Å². The number of hydrogen-bond acceptors (Lipinski definition) is 4. The first-order chi connectivity index (χ1) is 6.45. The van der Waals surface area contributed by atoms with E-state index in [-0.39, 0.29) is 13.2 Å². The van der Waals surface area contributed by atoms with Gasteiger partial charge < -0.3 is 14.5 Å². The van der Waals surface area contributed by atoms with E-state index in [1.807, 2.05) is 6.92 Å². The Hall–Kier alpha value is -0.680. The van der Waals surface area contributed by atoms with Crippen molar-refractivity contribution in [3.05, 3.63) is 12.2 Å². The quantitative estimate of drug-likeness (QED) is 0.297. The summed E-state index contributed by atoms with van der Waals surface area (Å²) in [7, 11) is -4.46. The van der Waals surface area contributed by atoms with E-state index in [1.165, 1.54) is 6.08 Å². The molecule has 0 radical (unpaired) electrons. The Labute approximate surface area is 81.8 Å². The Morgan fingerprint density at radius 2 is 2.07 bits per heavy atom. The fourth-order valence-corrected chi connectivity index (χ4v) is 0.873. The molecule has 0 aliphatic heterocycles. The first-order valence-electron chi connectivity index (χ1n) is 3.99. The van der Waals surface area contributed by atoms with Crippen molar-refractivity contribution in [2.75, 3.05) is 13.2 Å². The maximum absolute atomic E-state index is 10.8. The van der Waals surface area contributed by atoms with Gasteiger partial charge in [-0.25, -0.2) is 9.36 Å². The first kappa shape index (κ1) is 13.3. The van der Waals surface area contributed by atoms with Crippen molar-refractivity contribution in [1.29, 1.82) is 0 Å². The first-order valence-corrected chi connectivity index (χ1v) is 5.52. The van der Waals surface area contributed by atoms with Crippen molar-refractivity contribution in [3.63, 3.8) is 0 Å². The molecule has 0 heterocycles. The lowest BCUT2D eigenvalue weighted by molar-refractivity contribution is -0.138. The highest BCUT2D eigenvalue weighted by atomic mass is 31.2. The minimum Gasteiger partial charge on any atom is -0.460 e. The smallest absolute Gasteiger partial charge is 0.460 e. The van der Waals surface area contributed by atoms with Crippen LogP contribution in [0.15, 0.2) is 12.2 Å². The van der Waals surface area contributed by atoms with E-state index in [1.54, 1.807) is 6.08 Å². The molecule has 0 aromatic rings. The number of phosphoric acid groups is 1. The lowest BCUT2D eigenvalue weighted by Crippen LogP contribution is -2.07. The molecule has 0 aromatic heterocycles. The Bertz CT molecular complexity index is 243. The van der Waals surface area contributed by atoms with Crippen molar-refractivity contribution in [1.82, 2.24) is 0 Å². The van der Waals surface area contributed by atoms with Crippen molar-refractivity contribution in [2.45, 2.75) is 13.3 Å². The molecule has 0 atom stereocenters. The molecule has 0 fully saturated rings. The number of ether oxygens (including phenoxy) is 1. The van der Waals surface area contributed by atoms with Crippen LogP contribution in [-0.4, -0.2) is 29.0 Å². The molecule has 7 heteroatoms. The van der Waals surface area contributed by atoms with Gasteiger partial charge in [-0.3, -0.25) is 4.52 Å².